The molecule has 0 aliphatic heterocycles. The van der Waals surface area contributed by atoms with Crippen molar-refractivity contribution in [3.05, 3.63) is 77.4 Å². The number of aromatic nitrogens is 1. The van der Waals surface area contributed by atoms with Crippen LogP contribution in [0.3, 0.4) is 0 Å². The monoisotopic (exact) mass is 366 g/mol. The van der Waals surface area contributed by atoms with Crippen LogP contribution in [-0.2, 0) is 0 Å². The first kappa shape index (κ1) is 17.8. The first-order valence-corrected chi connectivity index (χ1v) is 8.46. The Bertz CT molecular complexity index is 892. The van der Waals surface area contributed by atoms with E-state index in [1.54, 1.807) is 42.6 Å². The summed E-state index contributed by atoms with van der Waals surface area (Å²) >= 11 is 5.86. The van der Waals surface area contributed by atoms with Crippen LogP contribution in [0.2, 0.25) is 5.02 Å². The van der Waals surface area contributed by atoms with Crippen LogP contribution in [0, 0.1) is 0 Å². The number of hydrogen-bond donors (Lipinski definition) is 2. The predicted octanol–water partition coefficient (Wildman–Crippen LogP) is 4.80. The summed E-state index contributed by atoms with van der Waals surface area (Å²) in [6, 6.07) is 18.3. The van der Waals surface area contributed by atoms with Crippen molar-refractivity contribution in [2.75, 3.05) is 29.6 Å². The largest absolute Gasteiger partial charge is 0.378 e. The number of benzene rings is 2. The molecule has 0 radical (unpaired) electrons. The maximum Gasteiger partial charge on any atom is 0.255 e. The average molecular weight is 367 g/mol. The van der Waals surface area contributed by atoms with Gasteiger partial charge in [-0.2, -0.15) is 0 Å². The van der Waals surface area contributed by atoms with Crippen LogP contribution in [0.15, 0.2) is 66.9 Å². The maximum atomic E-state index is 12.4. The SMILES string of the molecule is CN(C)c1ccc(Nc2cc(C(=O)Nc3ccc(Cl)cc3)ccn2)cc1. The Labute approximate surface area is 157 Å². The molecule has 1 amide bonds. The van der Waals surface area contributed by atoms with Crippen molar-refractivity contribution in [2.45, 2.75) is 0 Å². The number of amides is 1. The zero-order chi connectivity index (χ0) is 18.5. The van der Waals surface area contributed by atoms with E-state index in [1.807, 2.05) is 43.3 Å². The Morgan fingerprint density at radius 3 is 2.27 bits per heavy atom. The lowest BCUT2D eigenvalue weighted by Crippen LogP contribution is -2.12. The molecular formula is C20H19ClN4O. The molecule has 0 saturated heterocycles. The van der Waals surface area contributed by atoms with Gasteiger partial charge in [0, 0.05) is 47.9 Å². The first-order chi connectivity index (χ1) is 12.5. The van der Waals surface area contributed by atoms with Gasteiger partial charge in [0.15, 0.2) is 0 Å². The molecule has 2 N–H and O–H groups in total. The normalized spacial score (nSPS) is 10.3. The molecule has 3 rings (SSSR count). The number of anilines is 4. The van der Waals surface area contributed by atoms with E-state index in [4.69, 9.17) is 11.6 Å². The van der Waals surface area contributed by atoms with Crippen molar-refractivity contribution in [3.8, 4) is 0 Å². The summed E-state index contributed by atoms with van der Waals surface area (Å²) in [7, 11) is 3.99. The van der Waals surface area contributed by atoms with Gasteiger partial charge < -0.3 is 15.5 Å². The third-order valence-corrected chi connectivity index (χ3v) is 4.03. The highest BCUT2D eigenvalue weighted by molar-refractivity contribution is 6.30. The van der Waals surface area contributed by atoms with Gasteiger partial charge in [-0.1, -0.05) is 11.6 Å². The highest BCUT2D eigenvalue weighted by Crippen LogP contribution is 2.20. The van der Waals surface area contributed by atoms with E-state index in [2.05, 4.69) is 15.6 Å². The molecule has 0 unspecified atom stereocenters. The molecule has 0 aliphatic rings. The zero-order valence-electron chi connectivity index (χ0n) is 14.5. The minimum atomic E-state index is -0.208. The number of pyridine rings is 1. The molecule has 0 aliphatic carbocycles. The van der Waals surface area contributed by atoms with Crippen LogP contribution < -0.4 is 15.5 Å². The highest BCUT2D eigenvalue weighted by atomic mass is 35.5. The van der Waals surface area contributed by atoms with E-state index in [0.717, 1.165) is 11.4 Å². The number of nitrogens with one attached hydrogen (secondary N) is 2. The summed E-state index contributed by atoms with van der Waals surface area (Å²) in [5.74, 6) is 0.395. The smallest absolute Gasteiger partial charge is 0.255 e. The van der Waals surface area contributed by atoms with Crippen molar-refractivity contribution in [2.24, 2.45) is 0 Å². The maximum absolute atomic E-state index is 12.4. The van der Waals surface area contributed by atoms with Crippen LogP contribution in [0.4, 0.5) is 22.9 Å². The zero-order valence-corrected chi connectivity index (χ0v) is 15.3. The number of rotatable bonds is 5. The van der Waals surface area contributed by atoms with Gasteiger partial charge in [0.25, 0.3) is 5.91 Å². The van der Waals surface area contributed by atoms with Gasteiger partial charge in [0.1, 0.15) is 5.82 Å². The second-order valence-corrected chi connectivity index (χ2v) is 6.39. The van der Waals surface area contributed by atoms with Crippen molar-refractivity contribution in [3.63, 3.8) is 0 Å². The van der Waals surface area contributed by atoms with Crippen molar-refractivity contribution in [1.29, 1.82) is 0 Å². The molecule has 2 aromatic carbocycles. The summed E-state index contributed by atoms with van der Waals surface area (Å²) in [6.45, 7) is 0. The summed E-state index contributed by atoms with van der Waals surface area (Å²) in [6.07, 6.45) is 1.60. The standard InChI is InChI=1S/C20H19ClN4O/c1-25(2)18-9-7-16(8-10-18)23-19-13-14(11-12-22-19)20(26)24-17-5-3-15(21)4-6-17/h3-13H,1-2H3,(H,22,23)(H,24,26). The quantitative estimate of drug-likeness (QED) is 0.681. The molecule has 5 nitrogen and oxygen atoms in total. The molecule has 6 heteroatoms. The van der Waals surface area contributed by atoms with Crippen molar-refractivity contribution in [1.82, 2.24) is 4.98 Å². The topological polar surface area (TPSA) is 57.3 Å². The lowest BCUT2D eigenvalue weighted by atomic mass is 10.2. The van der Waals surface area contributed by atoms with Crippen molar-refractivity contribution >= 4 is 40.4 Å². The Morgan fingerprint density at radius 2 is 1.62 bits per heavy atom. The highest BCUT2D eigenvalue weighted by Gasteiger charge is 2.08. The van der Waals surface area contributed by atoms with Crippen LogP contribution in [0.5, 0.6) is 0 Å². The third kappa shape index (κ3) is 4.52. The molecule has 1 heterocycles. The molecule has 0 bridgehead atoms. The second-order valence-electron chi connectivity index (χ2n) is 5.96. The Balaban J connectivity index is 1.71. The van der Waals surface area contributed by atoms with Crippen LogP contribution in [-0.4, -0.2) is 25.0 Å². The molecule has 0 fully saturated rings. The number of hydrogen-bond acceptors (Lipinski definition) is 4. The van der Waals surface area contributed by atoms with Crippen molar-refractivity contribution < 1.29 is 4.79 Å². The van der Waals surface area contributed by atoms with Gasteiger partial charge in [-0.05, 0) is 60.7 Å². The molecule has 0 atom stereocenters. The summed E-state index contributed by atoms with van der Waals surface area (Å²) < 4.78 is 0. The fourth-order valence-corrected chi connectivity index (χ4v) is 2.49. The van der Waals surface area contributed by atoms with E-state index in [0.29, 0.717) is 22.1 Å². The molecule has 132 valence electrons. The summed E-state index contributed by atoms with van der Waals surface area (Å²) in [5, 5.41) is 6.67. The van der Waals surface area contributed by atoms with Gasteiger partial charge >= 0.3 is 0 Å². The predicted molar refractivity (Wildman–Crippen MR) is 108 cm³/mol. The van der Waals surface area contributed by atoms with Gasteiger partial charge in [-0.15, -0.1) is 0 Å². The summed E-state index contributed by atoms with van der Waals surface area (Å²) in [4.78, 5) is 18.7. The number of carbonyl (C=O) groups is 1. The molecule has 26 heavy (non-hydrogen) atoms. The fourth-order valence-electron chi connectivity index (χ4n) is 2.37. The van der Waals surface area contributed by atoms with Gasteiger partial charge in [0.2, 0.25) is 0 Å². The fraction of sp³-hybridized carbons (Fsp3) is 0.100. The molecule has 0 spiro atoms. The second kappa shape index (κ2) is 7.89. The van der Waals surface area contributed by atoms with Crippen LogP contribution in [0.1, 0.15) is 10.4 Å². The van der Waals surface area contributed by atoms with Gasteiger partial charge in [0.05, 0.1) is 0 Å². The van der Waals surface area contributed by atoms with Crippen LogP contribution in [0.25, 0.3) is 0 Å². The Hall–Kier alpha value is -3.05. The molecule has 1 aromatic heterocycles. The summed E-state index contributed by atoms with van der Waals surface area (Å²) in [5.41, 5.74) is 3.21. The van der Waals surface area contributed by atoms with Gasteiger partial charge in [-0.25, -0.2) is 4.98 Å². The molecule has 3 aromatic rings. The number of halogens is 1. The number of nitrogens with zero attached hydrogens (tertiary/aromatic N) is 2. The number of carbonyl (C=O) groups excluding carboxylic acids is 1. The minimum absolute atomic E-state index is 0.208. The van der Waals surface area contributed by atoms with E-state index in [-0.39, 0.29) is 5.91 Å². The molecular weight excluding hydrogens is 348 g/mol. The molecule has 0 saturated carbocycles. The minimum Gasteiger partial charge on any atom is -0.378 e. The lowest BCUT2D eigenvalue weighted by molar-refractivity contribution is 0.102. The average Bonchev–Trinajstić information content (AvgIpc) is 2.64. The van der Waals surface area contributed by atoms with E-state index in [1.165, 1.54) is 0 Å². The van der Waals surface area contributed by atoms with E-state index in [9.17, 15) is 4.79 Å². The Morgan fingerprint density at radius 1 is 0.962 bits per heavy atom. The first-order valence-electron chi connectivity index (χ1n) is 8.09. The van der Waals surface area contributed by atoms with E-state index < -0.39 is 0 Å². The lowest BCUT2D eigenvalue weighted by Gasteiger charge is -2.13. The third-order valence-electron chi connectivity index (χ3n) is 3.78. The van der Waals surface area contributed by atoms with Gasteiger partial charge in [-0.3, -0.25) is 4.79 Å². The Kier molecular flexibility index (Phi) is 5.39. The van der Waals surface area contributed by atoms with Crippen LogP contribution >= 0.6 is 11.6 Å². The van der Waals surface area contributed by atoms with E-state index >= 15 is 0 Å².